The lowest BCUT2D eigenvalue weighted by Gasteiger charge is -2.12. The maximum absolute atomic E-state index is 12.8. The third-order valence-corrected chi connectivity index (χ3v) is 3.16. The van der Waals surface area contributed by atoms with Gasteiger partial charge < -0.3 is 5.11 Å². The van der Waals surface area contributed by atoms with Gasteiger partial charge in [0, 0.05) is 5.02 Å². The van der Waals surface area contributed by atoms with Crippen LogP contribution in [0.3, 0.4) is 0 Å². The molecule has 0 aliphatic carbocycles. The Morgan fingerprint density at radius 1 is 1.32 bits per heavy atom. The molecule has 0 fully saturated rings. The Balaban J connectivity index is 2.29. The van der Waals surface area contributed by atoms with E-state index in [4.69, 9.17) is 11.6 Å². The van der Waals surface area contributed by atoms with Crippen LogP contribution in [0.2, 0.25) is 5.02 Å². The Morgan fingerprint density at radius 3 is 2.63 bits per heavy atom. The van der Waals surface area contributed by atoms with E-state index in [9.17, 15) is 14.3 Å². The minimum atomic E-state index is -1.01. The molecule has 0 radical (unpaired) electrons. The minimum Gasteiger partial charge on any atom is -0.481 e. The number of aliphatic carboxylic acids is 1. The molecule has 0 aliphatic rings. The van der Waals surface area contributed by atoms with Crippen LogP contribution in [-0.2, 0) is 11.2 Å². The number of carbonyl (C=O) groups is 1. The fraction of sp³-hybridized carbons (Fsp3) is 0.143. The monoisotopic (exact) mass is 279 g/mol. The Kier molecular flexibility index (Phi) is 4.12. The maximum atomic E-state index is 12.8. The van der Waals surface area contributed by atoms with Crippen LogP contribution in [0.15, 0.2) is 42.6 Å². The summed E-state index contributed by atoms with van der Waals surface area (Å²) in [4.78, 5) is 15.2. The summed E-state index contributed by atoms with van der Waals surface area (Å²) < 4.78 is 12.8. The first-order valence-corrected chi connectivity index (χ1v) is 6.03. The SMILES string of the molecule is O=C(O)C(Cc1ccccc1Cl)c1ccc(F)cn1. The molecule has 0 aliphatic heterocycles. The second-order valence-electron chi connectivity index (χ2n) is 4.09. The minimum absolute atomic E-state index is 0.216. The van der Waals surface area contributed by atoms with Crippen molar-refractivity contribution in [1.82, 2.24) is 4.98 Å². The number of carboxylic acid groups (broad SMARTS) is 1. The highest BCUT2D eigenvalue weighted by Crippen LogP contribution is 2.24. The van der Waals surface area contributed by atoms with Gasteiger partial charge >= 0.3 is 5.97 Å². The van der Waals surface area contributed by atoms with Gasteiger partial charge in [0.2, 0.25) is 0 Å². The van der Waals surface area contributed by atoms with Crippen molar-refractivity contribution in [2.75, 3.05) is 0 Å². The van der Waals surface area contributed by atoms with Crippen LogP contribution in [0.5, 0.6) is 0 Å². The average molecular weight is 280 g/mol. The van der Waals surface area contributed by atoms with E-state index in [-0.39, 0.29) is 6.42 Å². The number of halogens is 2. The first-order valence-electron chi connectivity index (χ1n) is 5.65. The number of benzene rings is 1. The summed E-state index contributed by atoms with van der Waals surface area (Å²) in [5.74, 6) is -2.36. The number of hydrogen-bond acceptors (Lipinski definition) is 2. The molecule has 5 heteroatoms. The summed E-state index contributed by atoms with van der Waals surface area (Å²) in [5, 5.41) is 9.78. The van der Waals surface area contributed by atoms with Gasteiger partial charge in [-0.25, -0.2) is 4.39 Å². The van der Waals surface area contributed by atoms with Crippen molar-refractivity contribution >= 4 is 17.6 Å². The first-order chi connectivity index (χ1) is 9.08. The van der Waals surface area contributed by atoms with Gasteiger partial charge in [-0.1, -0.05) is 29.8 Å². The third-order valence-electron chi connectivity index (χ3n) is 2.79. The van der Waals surface area contributed by atoms with Gasteiger partial charge in [-0.2, -0.15) is 0 Å². The Hall–Kier alpha value is -1.94. The van der Waals surface area contributed by atoms with E-state index in [1.807, 2.05) is 0 Å². The van der Waals surface area contributed by atoms with Crippen LogP contribution in [0.4, 0.5) is 4.39 Å². The number of aromatic nitrogens is 1. The molecule has 1 aromatic carbocycles. The van der Waals surface area contributed by atoms with Gasteiger partial charge in [0.1, 0.15) is 11.7 Å². The summed E-state index contributed by atoms with van der Waals surface area (Å²) in [7, 11) is 0. The Labute approximate surface area is 114 Å². The molecule has 2 rings (SSSR count). The standard InChI is InChI=1S/C14H11ClFNO2/c15-12-4-2-1-3-9(12)7-11(14(18)19)13-6-5-10(16)8-17-13/h1-6,8,11H,7H2,(H,18,19). The molecule has 1 heterocycles. The summed E-state index contributed by atoms with van der Waals surface area (Å²) in [6.45, 7) is 0. The smallest absolute Gasteiger partial charge is 0.312 e. The number of carboxylic acids is 1. The van der Waals surface area contributed by atoms with Crippen LogP contribution in [-0.4, -0.2) is 16.1 Å². The zero-order valence-corrected chi connectivity index (χ0v) is 10.6. The van der Waals surface area contributed by atoms with Gasteiger partial charge in [-0.05, 0) is 30.2 Å². The van der Waals surface area contributed by atoms with Crippen LogP contribution < -0.4 is 0 Å². The van der Waals surface area contributed by atoms with Crippen molar-refractivity contribution < 1.29 is 14.3 Å². The highest BCUT2D eigenvalue weighted by molar-refractivity contribution is 6.31. The molecule has 98 valence electrons. The molecule has 2 aromatic rings. The van der Waals surface area contributed by atoms with Gasteiger partial charge in [0.15, 0.2) is 0 Å². The molecular formula is C14H11ClFNO2. The molecule has 1 unspecified atom stereocenters. The molecule has 0 saturated carbocycles. The van der Waals surface area contributed by atoms with E-state index in [1.165, 1.54) is 12.1 Å². The predicted octanol–water partition coefficient (Wildman–Crippen LogP) is 3.29. The van der Waals surface area contributed by atoms with Gasteiger partial charge in [-0.3, -0.25) is 9.78 Å². The quantitative estimate of drug-likeness (QED) is 0.934. The number of nitrogens with zero attached hydrogens (tertiary/aromatic N) is 1. The molecule has 0 amide bonds. The van der Waals surface area contributed by atoms with E-state index in [0.717, 1.165) is 11.8 Å². The topological polar surface area (TPSA) is 50.2 Å². The molecule has 0 spiro atoms. The molecule has 19 heavy (non-hydrogen) atoms. The predicted molar refractivity (Wildman–Crippen MR) is 69.7 cm³/mol. The largest absolute Gasteiger partial charge is 0.481 e. The molecule has 3 nitrogen and oxygen atoms in total. The third kappa shape index (κ3) is 3.29. The van der Waals surface area contributed by atoms with Crippen molar-refractivity contribution in [1.29, 1.82) is 0 Å². The van der Waals surface area contributed by atoms with Gasteiger partial charge in [-0.15, -0.1) is 0 Å². The molecule has 0 bridgehead atoms. The van der Waals surface area contributed by atoms with E-state index in [2.05, 4.69) is 4.98 Å². The highest BCUT2D eigenvalue weighted by atomic mass is 35.5. The van der Waals surface area contributed by atoms with Crippen LogP contribution in [0, 0.1) is 5.82 Å². The van der Waals surface area contributed by atoms with Crippen LogP contribution >= 0.6 is 11.6 Å². The zero-order chi connectivity index (χ0) is 13.8. The van der Waals surface area contributed by atoms with Crippen molar-refractivity contribution in [3.05, 3.63) is 64.7 Å². The molecule has 1 aromatic heterocycles. The second-order valence-corrected chi connectivity index (χ2v) is 4.49. The second kappa shape index (κ2) is 5.80. The molecule has 0 saturated heterocycles. The number of hydrogen-bond donors (Lipinski definition) is 1. The van der Waals surface area contributed by atoms with E-state index >= 15 is 0 Å². The fourth-order valence-electron chi connectivity index (χ4n) is 1.80. The molecule has 1 N–H and O–H groups in total. The van der Waals surface area contributed by atoms with Crippen molar-refractivity contribution in [3.63, 3.8) is 0 Å². The van der Waals surface area contributed by atoms with Crippen molar-refractivity contribution in [2.45, 2.75) is 12.3 Å². The first kappa shape index (κ1) is 13.5. The van der Waals surface area contributed by atoms with E-state index < -0.39 is 17.7 Å². The lowest BCUT2D eigenvalue weighted by molar-refractivity contribution is -0.138. The highest BCUT2D eigenvalue weighted by Gasteiger charge is 2.22. The fourth-order valence-corrected chi connectivity index (χ4v) is 2.01. The summed E-state index contributed by atoms with van der Waals surface area (Å²) in [6.07, 6.45) is 1.23. The maximum Gasteiger partial charge on any atom is 0.312 e. The Morgan fingerprint density at radius 2 is 2.05 bits per heavy atom. The van der Waals surface area contributed by atoms with E-state index in [1.54, 1.807) is 24.3 Å². The van der Waals surface area contributed by atoms with Crippen molar-refractivity contribution in [3.8, 4) is 0 Å². The lowest BCUT2D eigenvalue weighted by atomic mass is 9.96. The molecule has 1 atom stereocenters. The normalized spacial score (nSPS) is 12.1. The summed E-state index contributed by atoms with van der Waals surface area (Å²) in [5.41, 5.74) is 1.04. The summed E-state index contributed by atoms with van der Waals surface area (Å²) >= 11 is 6.01. The number of rotatable bonds is 4. The lowest BCUT2D eigenvalue weighted by Crippen LogP contribution is -2.16. The van der Waals surface area contributed by atoms with Gasteiger partial charge in [0.05, 0.1) is 11.9 Å². The number of pyridine rings is 1. The van der Waals surface area contributed by atoms with Crippen LogP contribution in [0.1, 0.15) is 17.2 Å². The van der Waals surface area contributed by atoms with Crippen molar-refractivity contribution in [2.24, 2.45) is 0 Å². The zero-order valence-electron chi connectivity index (χ0n) is 9.88. The molecular weight excluding hydrogens is 269 g/mol. The van der Waals surface area contributed by atoms with Gasteiger partial charge in [0.25, 0.3) is 0 Å². The Bertz CT molecular complexity index is 586. The summed E-state index contributed by atoms with van der Waals surface area (Å²) in [6, 6.07) is 9.61. The van der Waals surface area contributed by atoms with Crippen LogP contribution in [0.25, 0.3) is 0 Å². The average Bonchev–Trinajstić information content (AvgIpc) is 2.39. The van der Waals surface area contributed by atoms with E-state index in [0.29, 0.717) is 10.7 Å².